The molecule has 3 aliphatic heterocycles. The van der Waals surface area contributed by atoms with Gasteiger partial charge in [0, 0.05) is 19.5 Å². The number of amides is 6. The Balaban J connectivity index is 0.929. The van der Waals surface area contributed by atoms with Crippen LogP contribution in [0.3, 0.4) is 0 Å². The minimum Gasteiger partial charge on any atom is -0.493 e. The Hall–Kier alpha value is -7.83. The Labute approximate surface area is 442 Å². The third kappa shape index (κ3) is 13.2. The van der Waals surface area contributed by atoms with Gasteiger partial charge in [0.1, 0.15) is 29.7 Å². The van der Waals surface area contributed by atoms with Crippen LogP contribution in [0, 0.1) is 0 Å². The first-order valence-corrected chi connectivity index (χ1v) is 25.8. The summed E-state index contributed by atoms with van der Waals surface area (Å²) in [6.45, 7) is 2.76. The fourth-order valence-electron chi connectivity index (χ4n) is 9.94. The number of nitrogens with zero attached hydrogens (tertiary/aromatic N) is 2. The molecule has 6 amide bonds. The molecule has 2 fully saturated rings. The zero-order valence-electron chi connectivity index (χ0n) is 44.1. The highest BCUT2D eigenvalue weighted by Crippen LogP contribution is 2.42. The number of methoxy groups -OCH3 is 5. The maximum absolute atomic E-state index is 14.5. The van der Waals surface area contributed by atoms with Crippen LogP contribution < -0.4 is 43.8 Å². The van der Waals surface area contributed by atoms with Crippen LogP contribution in [0.4, 0.5) is 0 Å². The Kier molecular flexibility index (Phi) is 19.6. The summed E-state index contributed by atoms with van der Waals surface area (Å²) in [6, 6.07) is 19.2. The van der Waals surface area contributed by atoms with E-state index in [4.69, 9.17) is 37.9 Å². The predicted octanol–water partition coefficient (Wildman–Crippen LogP) is 7.06. The van der Waals surface area contributed by atoms with Gasteiger partial charge in [-0.3, -0.25) is 39.0 Å². The van der Waals surface area contributed by atoms with E-state index in [-0.39, 0.29) is 54.7 Å². The number of piperidine rings is 2. The van der Waals surface area contributed by atoms with Crippen LogP contribution in [-0.4, -0.2) is 125 Å². The number of carbonyl (C=O) groups excluding carboxylic acids is 7. The van der Waals surface area contributed by atoms with Gasteiger partial charge in [-0.2, -0.15) is 0 Å². The lowest BCUT2D eigenvalue weighted by Gasteiger charge is -2.37. The molecule has 2 N–H and O–H groups in total. The number of aryl methyl sites for hydroxylation is 1. The van der Waals surface area contributed by atoms with Crippen LogP contribution in [0.2, 0.25) is 0 Å². The summed E-state index contributed by atoms with van der Waals surface area (Å²) in [6.07, 6.45) is 5.46. The number of carbonyl (C=O) groups is 7. The molecule has 7 rings (SSSR count). The summed E-state index contributed by atoms with van der Waals surface area (Å²) in [4.78, 5) is 95.2. The molecule has 4 aromatic carbocycles. The number of rotatable bonds is 26. The van der Waals surface area contributed by atoms with Gasteiger partial charge in [0.15, 0.2) is 29.6 Å². The zero-order chi connectivity index (χ0) is 54.3. The van der Waals surface area contributed by atoms with Crippen LogP contribution >= 0.6 is 0 Å². The topological polar surface area (TPSA) is 224 Å². The molecule has 0 radical (unpaired) electrons. The standard InChI is InChI=1S/C57H68N4O15/c1-7-39(37-32-47(71-4)52(73-6)48(33-37)72-5)54(65)60-28-12-10-19-42(60)57(68)76-43(24-21-35-22-25-44(69-2)46(30-35)70-3)36-16-14-17-38(31-36)75-34-50(63)58-27-11-8-9-13-29-74-45-20-15-18-40-51(45)56(67)61(55(40)66)41-23-26-49(62)59-53(41)64/h14-18,20,22,25,30-33,39,41-43H,7-13,19,21,23-24,26-29,34H2,1-6H3,(H,58,63)(H,59,62,64)/t39-,41?,42-,43?/m0/s1. The molecule has 19 nitrogen and oxygen atoms in total. The molecule has 0 spiro atoms. The summed E-state index contributed by atoms with van der Waals surface area (Å²) in [5.41, 5.74) is 2.51. The largest absolute Gasteiger partial charge is 0.493 e. The molecule has 4 atom stereocenters. The summed E-state index contributed by atoms with van der Waals surface area (Å²) in [7, 11) is 7.70. The van der Waals surface area contributed by atoms with E-state index in [9.17, 15) is 33.6 Å². The highest BCUT2D eigenvalue weighted by atomic mass is 16.5. The van der Waals surface area contributed by atoms with Crippen LogP contribution in [0.15, 0.2) is 72.8 Å². The molecule has 3 heterocycles. The lowest BCUT2D eigenvalue weighted by Crippen LogP contribution is -2.54. The first-order valence-electron chi connectivity index (χ1n) is 25.8. The van der Waals surface area contributed by atoms with Crippen LogP contribution in [-0.2, 0) is 35.1 Å². The summed E-state index contributed by atoms with van der Waals surface area (Å²) in [5.74, 6) is -0.894. The highest BCUT2D eigenvalue weighted by Gasteiger charge is 2.46. The molecular formula is C57H68N4O15. The SMILES string of the molecule is CC[C@H](C(=O)N1CCCC[C@H]1C(=O)OC(CCc1ccc(OC)c(OC)c1)c1cccc(OCC(=O)NCCCCCCOc2cccc3c2C(=O)N(C2CCC(=O)NC2=O)C3=O)c1)c1cc(OC)c(OC)c(OC)c1. The number of hydrogen-bond donors (Lipinski definition) is 2. The monoisotopic (exact) mass is 1050 g/mol. The molecule has 0 saturated carbocycles. The van der Waals surface area contributed by atoms with Crippen molar-refractivity contribution in [1.29, 1.82) is 0 Å². The van der Waals surface area contributed by atoms with E-state index in [1.165, 1.54) is 27.4 Å². The van der Waals surface area contributed by atoms with Gasteiger partial charge in [-0.05, 0) is 123 Å². The molecule has 406 valence electrons. The minimum absolute atomic E-state index is 0.0301. The Morgan fingerprint density at radius 1 is 0.724 bits per heavy atom. The van der Waals surface area contributed by atoms with E-state index in [1.807, 2.05) is 31.2 Å². The van der Waals surface area contributed by atoms with Crippen LogP contribution in [0.1, 0.15) is 127 Å². The van der Waals surface area contributed by atoms with Crippen molar-refractivity contribution < 1.29 is 71.5 Å². The van der Waals surface area contributed by atoms with E-state index >= 15 is 0 Å². The Bertz CT molecular complexity index is 2740. The first kappa shape index (κ1) is 55.9. The van der Waals surface area contributed by atoms with Crippen molar-refractivity contribution >= 4 is 41.4 Å². The maximum Gasteiger partial charge on any atom is 0.329 e. The molecular weight excluding hydrogens is 981 g/mol. The van der Waals surface area contributed by atoms with Gasteiger partial charge in [-0.15, -0.1) is 0 Å². The second-order valence-corrected chi connectivity index (χ2v) is 18.7. The van der Waals surface area contributed by atoms with Crippen molar-refractivity contribution in [2.24, 2.45) is 0 Å². The lowest BCUT2D eigenvalue weighted by molar-refractivity contribution is -0.162. The molecule has 76 heavy (non-hydrogen) atoms. The second-order valence-electron chi connectivity index (χ2n) is 18.7. The summed E-state index contributed by atoms with van der Waals surface area (Å²) in [5, 5.41) is 5.10. The third-order valence-electron chi connectivity index (χ3n) is 13.9. The molecule has 0 bridgehead atoms. The number of fused-ring (bicyclic) bond motifs is 1. The number of nitrogens with one attached hydrogen (secondary N) is 2. The number of ether oxygens (including phenoxy) is 8. The number of imide groups is 2. The molecule has 0 aromatic heterocycles. The first-order chi connectivity index (χ1) is 36.8. The van der Waals surface area contributed by atoms with Gasteiger partial charge < -0.3 is 48.1 Å². The van der Waals surface area contributed by atoms with Gasteiger partial charge in [0.25, 0.3) is 17.7 Å². The normalized spacial score (nSPS) is 17.0. The fourth-order valence-corrected chi connectivity index (χ4v) is 9.94. The zero-order valence-corrected chi connectivity index (χ0v) is 44.1. The molecule has 19 heteroatoms. The van der Waals surface area contributed by atoms with Crippen molar-refractivity contribution in [3.05, 3.63) is 101 Å². The van der Waals surface area contributed by atoms with Gasteiger partial charge in [-0.1, -0.05) is 44.0 Å². The molecule has 2 saturated heterocycles. The van der Waals surface area contributed by atoms with E-state index in [2.05, 4.69) is 10.6 Å². The van der Waals surface area contributed by atoms with E-state index in [0.29, 0.717) is 97.2 Å². The van der Waals surface area contributed by atoms with E-state index in [0.717, 1.165) is 36.1 Å². The van der Waals surface area contributed by atoms with Gasteiger partial charge in [0.2, 0.25) is 23.5 Å². The fraction of sp³-hybridized carbons (Fsp3) is 0.456. The molecule has 0 aliphatic carbocycles. The van der Waals surface area contributed by atoms with Crippen LogP contribution in [0.5, 0.6) is 40.2 Å². The number of esters is 1. The Morgan fingerprint density at radius 3 is 2.17 bits per heavy atom. The lowest BCUT2D eigenvalue weighted by atomic mass is 9.91. The number of unbranched alkanes of at least 4 members (excludes halogenated alkanes) is 3. The van der Waals surface area contributed by atoms with E-state index < -0.39 is 53.7 Å². The summed E-state index contributed by atoms with van der Waals surface area (Å²) < 4.78 is 46.1. The van der Waals surface area contributed by atoms with Crippen molar-refractivity contribution in [3.8, 4) is 40.2 Å². The second kappa shape index (κ2) is 26.6. The molecule has 4 aromatic rings. The Morgan fingerprint density at radius 2 is 1.46 bits per heavy atom. The average molecular weight is 1050 g/mol. The highest BCUT2D eigenvalue weighted by molar-refractivity contribution is 6.24. The average Bonchev–Trinajstić information content (AvgIpc) is 3.74. The number of benzene rings is 4. The van der Waals surface area contributed by atoms with Gasteiger partial charge in [-0.25, -0.2) is 4.79 Å². The molecule has 3 aliphatic rings. The number of hydrogen-bond acceptors (Lipinski definition) is 15. The van der Waals surface area contributed by atoms with Gasteiger partial charge >= 0.3 is 5.97 Å². The maximum atomic E-state index is 14.5. The van der Waals surface area contributed by atoms with Gasteiger partial charge in [0.05, 0.1) is 59.2 Å². The quantitative estimate of drug-likeness (QED) is 0.0365. The van der Waals surface area contributed by atoms with E-state index in [1.54, 1.807) is 61.6 Å². The predicted molar refractivity (Wildman–Crippen MR) is 277 cm³/mol. The minimum atomic E-state index is -1.06. The van der Waals surface area contributed by atoms with Crippen molar-refractivity contribution in [3.63, 3.8) is 0 Å². The van der Waals surface area contributed by atoms with Crippen molar-refractivity contribution in [2.45, 2.75) is 108 Å². The third-order valence-corrected chi connectivity index (χ3v) is 13.9. The number of likely N-dealkylation sites (tertiary alicyclic amines) is 1. The van der Waals surface area contributed by atoms with Crippen molar-refractivity contribution in [2.75, 3.05) is 61.9 Å². The molecule has 2 unspecified atom stereocenters. The smallest absolute Gasteiger partial charge is 0.329 e. The summed E-state index contributed by atoms with van der Waals surface area (Å²) >= 11 is 0. The van der Waals surface area contributed by atoms with Crippen molar-refractivity contribution in [1.82, 2.24) is 20.4 Å². The van der Waals surface area contributed by atoms with Crippen LogP contribution in [0.25, 0.3) is 0 Å².